The van der Waals surface area contributed by atoms with Crippen LogP contribution in [-0.2, 0) is 17.8 Å². The van der Waals surface area contributed by atoms with Crippen molar-refractivity contribution in [2.24, 2.45) is 5.73 Å². The van der Waals surface area contributed by atoms with Gasteiger partial charge in [0.25, 0.3) is 0 Å². The highest BCUT2D eigenvalue weighted by Crippen LogP contribution is 2.33. The molecular formula is C31H27F3N4O3. The van der Waals surface area contributed by atoms with Crippen LogP contribution in [0.3, 0.4) is 0 Å². The Kier molecular flexibility index (Phi) is 9.60. The summed E-state index contributed by atoms with van der Waals surface area (Å²) >= 11 is 0. The highest BCUT2D eigenvalue weighted by Gasteiger charge is 2.38. The molecule has 10 heteroatoms. The third kappa shape index (κ3) is 7.86. The second-order valence-corrected chi connectivity index (χ2v) is 8.92. The van der Waals surface area contributed by atoms with Gasteiger partial charge in [0.05, 0.1) is 23.5 Å². The molecule has 0 aliphatic heterocycles. The molecule has 0 spiro atoms. The number of aromatic nitrogens is 3. The molecule has 0 radical (unpaired) electrons. The van der Waals surface area contributed by atoms with Crippen molar-refractivity contribution in [3.63, 3.8) is 0 Å². The minimum atomic E-state index is -5.08. The summed E-state index contributed by atoms with van der Waals surface area (Å²) in [5, 5.41) is 7.12. The van der Waals surface area contributed by atoms with E-state index in [1.54, 1.807) is 0 Å². The van der Waals surface area contributed by atoms with E-state index >= 15 is 0 Å². The molecule has 0 amide bonds. The molecule has 0 saturated carbocycles. The minimum absolute atomic E-state index is 0.507. The number of nitrogens with two attached hydrogens (primary N) is 1. The summed E-state index contributed by atoms with van der Waals surface area (Å²) in [7, 11) is 0. The number of carboxylic acid groups (broad SMARTS) is 1. The molecule has 3 N–H and O–H groups in total. The number of pyridine rings is 1. The molecule has 41 heavy (non-hydrogen) atoms. The molecule has 0 fully saturated rings. The van der Waals surface area contributed by atoms with Crippen molar-refractivity contribution < 1.29 is 27.8 Å². The van der Waals surface area contributed by atoms with Crippen molar-refractivity contribution in [3.05, 3.63) is 108 Å². The molecule has 5 aromatic rings. The first-order valence-electron chi connectivity index (χ1n) is 12.7. The molecular weight excluding hydrogens is 533 g/mol. The predicted molar refractivity (Wildman–Crippen MR) is 150 cm³/mol. The molecule has 0 bridgehead atoms. The molecule has 3 aromatic carbocycles. The second-order valence-electron chi connectivity index (χ2n) is 8.92. The van der Waals surface area contributed by atoms with Gasteiger partial charge in [-0.3, -0.25) is 4.98 Å². The number of halogens is 3. The normalized spacial score (nSPS) is 11.0. The van der Waals surface area contributed by atoms with Crippen molar-refractivity contribution in [3.8, 4) is 28.3 Å². The molecule has 2 aromatic heterocycles. The number of alkyl halides is 3. The van der Waals surface area contributed by atoms with Crippen LogP contribution >= 0.6 is 0 Å². The topological polar surface area (TPSA) is 111 Å². The fraction of sp³-hybridized carbons (Fsp3) is 0.161. The number of carboxylic acids is 1. The number of hydrogen-bond acceptors (Lipinski definition) is 6. The monoisotopic (exact) mass is 560 g/mol. The van der Waals surface area contributed by atoms with E-state index in [1.807, 2.05) is 73.1 Å². The predicted octanol–water partition coefficient (Wildman–Crippen LogP) is 6.46. The van der Waals surface area contributed by atoms with E-state index in [0.29, 0.717) is 13.2 Å². The van der Waals surface area contributed by atoms with Crippen LogP contribution in [0, 0.1) is 0 Å². The Morgan fingerprint density at radius 3 is 2.07 bits per heavy atom. The van der Waals surface area contributed by atoms with Crippen molar-refractivity contribution in [1.29, 1.82) is 0 Å². The molecule has 0 atom stereocenters. The molecule has 0 saturated heterocycles. The van der Waals surface area contributed by atoms with Crippen LogP contribution in [0.25, 0.3) is 33.5 Å². The Morgan fingerprint density at radius 1 is 0.805 bits per heavy atom. The molecule has 210 valence electrons. The molecule has 0 aliphatic rings. The van der Waals surface area contributed by atoms with Crippen molar-refractivity contribution >= 4 is 17.0 Å². The van der Waals surface area contributed by atoms with Crippen LogP contribution in [0.2, 0.25) is 0 Å². The summed E-state index contributed by atoms with van der Waals surface area (Å²) in [5.74, 6) is -2.01. The number of rotatable bonds is 8. The zero-order chi connectivity index (χ0) is 29.2. The highest BCUT2D eigenvalue weighted by atomic mass is 19.4. The molecule has 0 unspecified atom stereocenters. The van der Waals surface area contributed by atoms with Gasteiger partial charge in [0.15, 0.2) is 0 Å². The Balaban J connectivity index is 0.000000493. The van der Waals surface area contributed by atoms with Crippen molar-refractivity contribution in [2.45, 2.75) is 25.6 Å². The highest BCUT2D eigenvalue weighted by molar-refractivity contribution is 5.89. The fourth-order valence-electron chi connectivity index (χ4n) is 3.97. The average Bonchev–Trinajstić information content (AvgIpc) is 2.99. The number of aryl methyl sites for hydroxylation is 1. The van der Waals surface area contributed by atoms with Crippen LogP contribution in [-0.4, -0.2) is 38.8 Å². The van der Waals surface area contributed by atoms with Gasteiger partial charge in [0.2, 0.25) is 0 Å². The molecule has 7 nitrogen and oxygen atoms in total. The first-order valence-corrected chi connectivity index (χ1v) is 12.7. The van der Waals surface area contributed by atoms with Gasteiger partial charge in [-0.1, -0.05) is 60.7 Å². The first kappa shape index (κ1) is 29.2. The zero-order valence-corrected chi connectivity index (χ0v) is 21.9. The lowest BCUT2D eigenvalue weighted by Gasteiger charge is -2.14. The third-order valence-corrected chi connectivity index (χ3v) is 6.03. The maximum Gasteiger partial charge on any atom is 0.490 e. The van der Waals surface area contributed by atoms with Gasteiger partial charge in [-0.2, -0.15) is 13.2 Å². The number of hydrogen-bond donors (Lipinski definition) is 2. The van der Waals surface area contributed by atoms with Gasteiger partial charge in [-0.15, -0.1) is 0 Å². The Bertz CT molecular complexity index is 1580. The van der Waals surface area contributed by atoms with Gasteiger partial charge in [0.1, 0.15) is 11.3 Å². The van der Waals surface area contributed by atoms with Crippen molar-refractivity contribution in [2.75, 3.05) is 6.61 Å². The van der Waals surface area contributed by atoms with Gasteiger partial charge in [-0.05, 0) is 48.2 Å². The number of aliphatic carboxylic acids is 1. The van der Waals surface area contributed by atoms with Crippen LogP contribution in [0.5, 0.6) is 5.75 Å². The Morgan fingerprint density at radius 2 is 1.44 bits per heavy atom. The average molecular weight is 561 g/mol. The lowest BCUT2D eigenvalue weighted by atomic mass is 10.0. The smallest absolute Gasteiger partial charge is 0.490 e. The van der Waals surface area contributed by atoms with Gasteiger partial charge in [0, 0.05) is 30.1 Å². The molecule has 2 heterocycles. The SMILES string of the molecule is NCc1ccc(-c2nc3c(OCCCc4ccncc4)cccc3nc2-c2ccccc2)cc1.O=C(O)C(F)(F)F. The summed E-state index contributed by atoms with van der Waals surface area (Å²) in [5.41, 5.74) is 13.4. The second kappa shape index (κ2) is 13.5. The van der Waals surface area contributed by atoms with Gasteiger partial charge >= 0.3 is 12.1 Å². The van der Waals surface area contributed by atoms with E-state index in [2.05, 4.69) is 29.2 Å². The van der Waals surface area contributed by atoms with Gasteiger partial charge < -0.3 is 15.6 Å². The molecule has 5 rings (SSSR count). The van der Waals surface area contributed by atoms with E-state index in [9.17, 15) is 13.2 Å². The van der Waals surface area contributed by atoms with Crippen LogP contribution in [0.15, 0.2) is 97.3 Å². The maximum atomic E-state index is 10.6. The number of para-hydroxylation sites is 1. The lowest BCUT2D eigenvalue weighted by molar-refractivity contribution is -0.192. The summed E-state index contributed by atoms with van der Waals surface area (Å²) in [6, 6.07) is 28.4. The van der Waals surface area contributed by atoms with Crippen LogP contribution in [0.4, 0.5) is 13.2 Å². The molecule has 0 aliphatic carbocycles. The Labute approximate surface area is 234 Å². The van der Waals surface area contributed by atoms with E-state index < -0.39 is 12.1 Å². The largest absolute Gasteiger partial charge is 0.491 e. The quantitative estimate of drug-likeness (QED) is 0.210. The number of nitrogens with zero attached hydrogens (tertiary/aromatic N) is 3. The fourth-order valence-corrected chi connectivity index (χ4v) is 3.97. The van der Waals surface area contributed by atoms with E-state index in [4.69, 9.17) is 30.3 Å². The van der Waals surface area contributed by atoms with E-state index in [0.717, 1.165) is 57.7 Å². The first-order chi connectivity index (χ1) is 19.8. The van der Waals surface area contributed by atoms with Gasteiger partial charge in [-0.25, -0.2) is 14.8 Å². The lowest BCUT2D eigenvalue weighted by Crippen LogP contribution is -2.21. The Hall–Kier alpha value is -4.83. The number of benzene rings is 3. The third-order valence-electron chi connectivity index (χ3n) is 6.03. The summed E-state index contributed by atoms with van der Waals surface area (Å²) in [6.07, 6.45) is 0.407. The van der Waals surface area contributed by atoms with Crippen LogP contribution < -0.4 is 10.5 Å². The summed E-state index contributed by atoms with van der Waals surface area (Å²) in [6.45, 7) is 1.11. The standard InChI is InChI=1S/C29H26N4O.C2HF3O2/c30-20-22-11-13-24(14-12-22)28-27(23-7-2-1-3-8-23)32-25-9-4-10-26(29(25)33-28)34-19-5-6-21-15-17-31-18-16-21;3-2(4,5)1(6)7/h1-4,7-18H,5-6,19-20,30H2;(H,6,7). The summed E-state index contributed by atoms with van der Waals surface area (Å²) < 4.78 is 37.9. The number of carbonyl (C=O) groups is 1. The summed E-state index contributed by atoms with van der Waals surface area (Å²) in [4.78, 5) is 23.1. The maximum absolute atomic E-state index is 10.6. The number of fused-ring (bicyclic) bond motifs is 1. The minimum Gasteiger partial charge on any atom is -0.491 e. The van der Waals surface area contributed by atoms with Crippen molar-refractivity contribution in [1.82, 2.24) is 15.0 Å². The zero-order valence-electron chi connectivity index (χ0n) is 21.9. The van der Waals surface area contributed by atoms with E-state index in [-0.39, 0.29) is 0 Å². The van der Waals surface area contributed by atoms with Crippen LogP contribution in [0.1, 0.15) is 17.5 Å². The van der Waals surface area contributed by atoms with E-state index in [1.165, 1.54) is 5.56 Å². The number of ether oxygens (including phenoxy) is 1.